The molecule has 33 heavy (non-hydrogen) atoms. The second-order valence-corrected chi connectivity index (χ2v) is 9.90. The zero-order valence-corrected chi connectivity index (χ0v) is 19.7. The molecule has 1 aromatic carbocycles. The molecule has 3 heterocycles. The predicted molar refractivity (Wildman–Crippen MR) is 127 cm³/mol. The van der Waals surface area contributed by atoms with Crippen molar-refractivity contribution in [1.82, 2.24) is 5.01 Å². The maximum absolute atomic E-state index is 13.1. The Bertz CT molecular complexity index is 1200. The van der Waals surface area contributed by atoms with Crippen molar-refractivity contribution in [2.24, 2.45) is 11.0 Å². The number of carbonyl (C=O) groups is 2. The number of thiophene rings is 1. The summed E-state index contributed by atoms with van der Waals surface area (Å²) in [7, 11) is 0. The molecule has 2 aromatic heterocycles. The van der Waals surface area contributed by atoms with E-state index in [9.17, 15) is 9.59 Å². The summed E-state index contributed by atoms with van der Waals surface area (Å²) in [6.07, 6.45) is 4.99. The van der Waals surface area contributed by atoms with E-state index in [0.717, 1.165) is 36.1 Å². The molecule has 0 radical (unpaired) electrons. The zero-order valence-electron chi connectivity index (χ0n) is 18.1. The number of hydrazone groups is 1. The first kappa shape index (κ1) is 21.9. The lowest BCUT2D eigenvalue weighted by atomic mass is 9.88. The summed E-state index contributed by atoms with van der Waals surface area (Å²) < 4.78 is 11.0. The van der Waals surface area contributed by atoms with Crippen molar-refractivity contribution < 1.29 is 18.7 Å². The van der Waals surface area contributed by atoms with Crippen LogP contribution in [0.15, 0.2) is 57.6 Å². The van der Waals surface area contributed by atoms with Gasteiger partial charge < -0.3 is 9.15 Å². The van der Waals surface area contributed by atoms with Crippen molar-refractivity contribution >= 4 is 40.5 Å². The van der Waals surface area contributed by atoms with Crippen LogP contribution in [0.2, 0.25) is 5.02 Å². The van der Waals surface area contributed by atoms with E-state index in [-0.39, 0.29) is 6.61 Å². The monoisotopic (exact) mass is 482 g/mol. The van der Waals surface area contributed by atoms with Gasteiger partial charge in [0, 0.05) is 21.7 Å². The molecule has 8 heteroatoms. The highest BCUT2D eigenvalue weighted by Crippen LogP contribution is 2.35. The summed E-state index contributed by atoms with van der Waals surface area (Å²) in [5, 5.41) is 8.40. The molecule has 0 saturated heterocycles. The van der Waals surface area contributed by atoms with Gasteiger partial charge in [-0.15, -0.1) is 11.3 Å². The number of fused-ring (bicyclic) bond motifs is 1. The Labute approximate surface area is 200 Å². The van der Waals surface area contributed by atoms with Gasteiger partial charge in [0.05, 0.1) is 17.5 Å². The van der Waals surface area contributed by atoms with E-state index in [1.165, 1.54) is 9.89 Å². The molecule has 170 valence electrons. The van der Waals surface area contributed by atoms with Gasteiger partial charge in [0.25, 0.3) is 5.91 Å². The van der Waals surface area contributed by atoms with Gasteiger partial charge >= 0.3 is 5.97 Å². The minimum absolute atomic E-state index is 0.380. The Morgan fingerprint density at radius 3 is 2.82 bits per heavy atom. The van der Waals surface area contributed by atoms with Crippen LogP contribution in [0, 0.1) is 5.92 Å². The third-order valence-corrected chi connectivity index (χ3v) is 7.47. The van der Waals surface area contributed by atoms with Crippen LogP contribution in [-0.4, -0.2) is 29.2 Å². The first-order valence-electron chi connectivity index (χ1n) is 10.9. The number of benzene rings is 1. The molecular weight excluding hydrogens is 460 g/mol. The number of hydrogen-bond acceptors (Lipinski definition) is 6. The van der Waals surface area contributed by atoms with Crippen LogP contribution >= 0.6 is 22.9 Å². The topological polar surface area (TPSA) is 72.1 Å². The van der Waals surface area contributed by atoms with Crippen molar-refractivity contribution in [3.8, 4) is 0 Å². The van der Waals surface area contributed by atoms with Gasteiger partial charge in [-0.05, 0) is 60.6 Å². The van der Waals surface area contributed by atoms with Gasteiger partial charge in [0.1, 0.15) is 11.8 Å². The summed E-state index contributed by atoms with van der Waals surface area (Å²) in [5.74, 6) is 0.406. The van der Waals surface area contributed by atoms with E-state index >= 15 is 0 Å². The Balaban J connectivity index is 1.31. The van der Waals surface area contributed by atoms with Crippen LogP contribution in [0.5, 0.6) is 0 Å². The summed E-state index contributed by atoms with van der Waals surface area (Å²) in [5.41, 5.74) is 3.29. The summed E-state index contributed by atoms with van der Waals surface area (Å²) in [6, 6.07) is 10.5. The van der Waals surface area contributed by atoms with E-state index < -0.39 is 17.9 Å². The summed E-state index contributed by atoms with van der Waals surface area (Å²) in [4.78, 5) is 27.1. The molecule has 0 saturated carbocycles. The van der Waals surface area contributed by atoms with Crippen molar-refractivity contribution in [3.05, 3.63) is 80.4 Å². The number of nitrogens with zero attached hydrogens (tertiary/aromatic N) is 2. The lowest BCUT2D eigenvalue weighted by Crippen LogP contribution is -2.31. The van der Waals surface area contributed by atoms with E-state index in [2.05, 4.69) is 12.0 Å². The lowest BCUT2D eigenvalue weighted by Gasteiger charge is -2.20. The molecule has 0 N–H and O–H groups in total. The SMILES string of the molecule is C[C@@H]1CCc2c(C(=O)OCC(=O)N3N=C(c4ccc(Cl)cc4)C[C@@H]3c3ccco3)csc2C1. The molecule has 0 spiro atoms. The fraction of sp³-hybridized carbons (Fsp3) is 0.320. The summed E-state index contributed by atoms with van der Waals surface area (Å²) in [6.45, 7) is 1.85. The van der Waals surface area contributed by atoms with E-state index in [4.69, 9.17) is 20.8 Å². The number of furan rings is 1. The molecular formula is C25H23ClN2O4S. The largest absolute Gasteiger partial charge is 0.467 e. The zero-order chi connectivity index (χ0) is 22.9. The first-order chi connectivity index (χ1) is 16.0. The van der Waals surface area contributed by atoms with Crippen LogP contribution in [0.25, 0.3) is 0 Å². The fourth-order valence-corrected chi connectivity index (χ4v) is 5.74. The molecule has 2 aliphatic rings. The third-order valence-electron chi connectivity index (χ3n) is 6.16. The fourth-order valence-electron chi connectivity index (χ4n) is 4.38. The molecule has 0 fully saturated rings. The number of amides is 1. The third kappa shape index (κ3) is 4.48. The minimum atomic E-state index is -0.453. The van der Waals surface area contributed by atoms with E-state index in [1.807, 2.05) is 23.6 Å². The van der Waals surface area contributed by atoms with Gasteiger partial charge in [-0.1, -0.05) is 30.7 Å². The first-order valence-corrected chi connectivity index (χ1v) is 12.2. The molecule has 0 bridgehead atoms. The van der Waals surface area contributed by atoms with Crippen molar-refractivity contribution in [2.45, 2.75) is 38.6 Å². The highest BCUT2D eigenvalue weighted by molar-refractivity contribution is 7.10. The average Bonchev–Trinajstić information content (AvgIpc) is 3.56. The van der Waals surface area contributed by atoms with E-state index in [0.29, 0.717) is 28.7 Å². The van der Waals surface area contributed by atoms with Crippen LogP contribution in [0.3, 0.4) is 0 Å². The smallest absolute Gasteiger partial charge is 0.339 e. The van der Waals surface area contributed by atoms with Crippen LogP contribution in [0.1, 0.15) is 57.9 Å². The maximum Gasteiger partial charge on any atom is 0.339 e. The number of rotatable bonds is 5. The second-order valence-electron chi connectivity index (χ2n) is 8.50. The van der Waals surface area contributed by atoms with Gasteiger partial charge in [-0.2, -0.15) is 5.10 Å². The molecule has 1 amide bonds. The minimum Gasteiger partial charge on any atom is -0.467 e. The summed E-state index contributed by atoms with van der Waals surface area (Å²) >= 11 is 7.61. The van der Waals surface area contributed by atoms with Crippen molar-refractivity contribution in [2.75, 3.05) is 6.61 Å². The number of ether oxygens (including phenoxy) is 1. The Morgan fingerprint density at radius 2 is 2.06 bits per heavy atom. The number of esters is 1. The average molecular weight is 483 g/mol. The van der Waals surface area contributed by atoms with Gasteiger partial charge in [0.15, 0.2) is 6.61 Å². The molecule has 1 aliphatic heterocycles. The number of hydrogen-bond donors (Lipinski definition) is 0. The number of halogens is 1. The van der Waals surface area contributed by atoms with Crippen LogP contribution < -0.4 is 0 Å². The Kier molecular flexibility index (Phi) is 6.08. The molecule has 6 nitrogen and oxygen atoms in total. The van der Waals surface area contributed by atoms with Crippen LogP contribution in [-0.2, 0) is 22.4 Å². The second kappa shape index (κ2) is 9.15. The van der Waals surface area contributed by atoms with Crippen molar-refractivity contribution in [3.63, 3.8) is 0 Å². The maximum atomic E-state index is 13.1. The Hall–Kier alpha value is -2.90. The quantitative estimate of drug-likeness (QED) is 0.440. The van der Waals surface area contributed by atoms with Gasteiger partial charge in [-0.3, -0.25) is 4.79 Å². The van der Waals surface area contributed by atoms with Gasteiger partial charge in [0.2, 0.25) is 0 Å². The predicted octanol–water partition coefficient (Wildman–Crippen LogP) is 5.65. The molecule has 5 rings (SSSR count). The molecule has 0 unspecified atom stereocenters. The molecule has 3 aromatic rings. The highest BCUT2D eigenvalue weighted by atomic mass is 35.5. The number of carbonyl (C=O) groups excluding carboxylic acids is 2. The normalized spacial score (nSPS) is 19.8. The van der Waals surface area contributed by atoms with Crippen molar-refractivity contribution in [1.29, 1.82) is 0 Å². The molecule has 2 atom stereocenters. The Morgan fingerprint density at radius 1 is 1.24 bits per heavy atom. The lowest BCUT2D eigenvalue weighted by molar-refractivity contribution is -0.136. The van der Waals surface area contributed by atoms with E-state index in [1.54, 1.807) is 35.8 Å². The standard InChI is InChI=1S/C25H23ClN2O4S/c1-15-4-9-18-19(14-33-23(18)11-15)25(30)32-13-24(29)28-21(22-3-2-10-31-22)12-20(27-28)16-5-7-17(26)8-6-16/h2-3,5-8,10,14-15,21H,4,9,11-13H2,1H3/t15-,21-/m1/s1. The highest BCUT2D eigenvalue weighted by Gasteiger charge is 2.35. The van der Waals surface area contributed by atoms with Crippen LogP contribution in [0.4, 0.5) is 0 Å². The van der Waals surface area contributed by atoms with Gasteiger partial charge in [-0.25, -0.2) is 9.80 Å². The molecule has 1 aliphatic carbocycles.